The normalized spacial score (nSPS) is 11.2. The number of nitrogens with one attached hydrogen (secondary N) is 1. The van der Waals surface area contributed by atoms with E-state index in [4.69, 9.17) is 15.4 Å². The van der Waals surface area contributed by atoms with Gasteiger partial charge in [0.15, 0.2) is 5.78 Å². The number of ketones is 1. The van der Waals surface area contributed by atoms with Crippen LogP contribution in [0.4, 0.5) is 5.69 Å². The predicted molar refractivity (Wildman–Crippen MR) is 105 cm³/mol. The fraction of sp³-hybridized carbons (Fsp3) is 0.125. The van der Waals surface area contributed by atoms with Crippen molar-refractivity contribution in [1.29, 1.82) is 0 Å². The number of para-hydroxylation sites is 1. The number of carboxylic acid groups (broad SMARTS) is 1. The molecule has 158 valence electrons. The molecule has 5 N–H and O–H groups in total. The maximum absolute atomic E-state index is 12.1. The first-order valence-corrected chi connectivity index (χ1v) is 9.00. The van der Waals surface area contributed by atoms with E-state index in [-0.39, 0.29) is 29.4 Å². The highest BCUT2D eigenvalue weighted by atomic mass is 35.5. The van der Waals surface area contributed by atoms with Crippen molar-refractivity contribution in [2.24, 2.45) is 5.73 Å². The number of aliphatic carboxylic acids is 1. The fourth-order valence-electron chi connectivity index (χ4n) is 1.85. The van der Waals surface area contributed by atoms with Crippen LogP contribution in [0.2, 0.25) is 0 Å². The van der Waals surface area contributed by atoms with Crippen molar-refractivity contribution in [2.75, 3.05) is 6.54 Å². The van der Waals surface area contributed by atoms with Crippen LogP contribution in [0.1, 0.15) is 15.9 Å². The van der Waals surface area contributed by atoms with E-state index in [9.17, 15) is 28.1 Å². The number of nitro benzene ring substituents is 1. The van der Waals surface area contributed by atoms with Crippen LogP contribution in [0.15, 0.2) is 54.6 Å². The molecule has 0 saturated carbocycles. The quantitative estimate of drug-likeness (QED) is 0.208. The third-order valence-corrected chi connectivity index (χ3v) is 3.72. The molecule has 2 rings (SSSR count). The van der Waals surface area contributed by atoms with Crippen LogP contribution in [0, 0.1) is 10.1 Å². The number of hydrogen-bond acceptors (Lipinski definition) is 7. The van der Waals surface area contributed by atoms with Crippen molar-refractivity contribution < 1.29 is 32.6 Å². The van der Waals surface area contributed by atoms with Crippen LogP contribution in [-0.2, 0) is 15.1 Å². The molecule has 0 fully saturated rings. The third-order valence-electron chi connectivity index (χ3n) is 3.18. The average molecular weight is 448 g/mol. The van der Waals surface area contributed by atoms with Gasteiger partial charge in [0.25, 0.3) is 5.69 Å². The largest absolute Gasteiger partial charge is 0.480 e. The number of benzene rings is 2. The Bertz CT molecular complexity index is 954. The molecule has 0 aliphatic heterocycles. The topological polar surface area (TPSA) is 190 Å². The smallest absolute Gasteiger partial charge is 0.333 e. The Kier molecular flexibility index (Phi) is 10.6. The first-order chi connectivity index (χ1) is 13.0. The van der Waals surface area contributed by atoms with Crippen LogP contribution in [0.5, 0.6) is 0 Å². The number of hydrogen-bond donors (Lipinski definition) is 4. The van der Waals surface area contributed by atoms with E-state index in [2.05, 4.69) is 0 Å². The maximum atomic E-state index is 12.1. The van der Waals surface area contributed by atoms with Crippen LogP contribution >= 0.6 is 12.4 Å². The predicted octanol–water partition coefficient (Wildman–Crippen LogP) is 1.04. The van der Waals surface area contributed by atoms with Gasteiger partial charge < -0.3 is 10.8 Å². The Labute approximate surface area is 172 Å². The molecule has 13 heteroatoms. The Morgan fingerprint density at radius 2 is 1.62 bits per heavy atom. The summed E-state index contributed by atoms with van der Waals surface area (Å²) in [5.74, 6) is -1.68. The Morgan fingerprint density at radius 3 is 2.10 bits per heavy atom. The molecule has 11 nitrogen and oxygen atoms in total. The van der Waals surface area contributed by atoms with E-state index in [0.717, 1.165) is 0 Å². The van der Waals surface area contributed by atoms with Gasteiger partial charge in [-0.15, -0.1) is 12.4 Å². The van der Waals surface area contributed by atoms with Crippen molar-refractivity contribution in [2.45, 2.75) is 6.04 Å². The van der Waals surface area contributed by atoms with Gasteiger partial charge in [0, 0.05) is 18.2 Å². The second kappa shape index (κ2) is 11.8. The SMILES string of the molecule is Cl.NC(CNS(=O)(=O)O)C(=O)O.O=C(c1ccccc1)c1ccccc1[N+](=O)[O-]. The summed E-state index contributed by atoms with van der Waals surface area (Å²) in [6.07, 6.45) is 0. The first kappa shape index (κ1) is 26.1. The molecular formula is C16H18ClN3O8S. The van der Waals surface area contributed by atoms with Gasteiger partial charge in [-0.25, -0.2) is 0 Å². The standard InChI is InChI=1S/C13H9NO3.C3H8N2O5S.ClH/c15-13(10-6-2-1-3-7-10)11-8-4-5-9-12(11)14(16)17;4-2(3(6)7)1-5-11(8,9)10;/h1-9H;2,5H,1,4H2,(H,6,7)(H,8,9,10);1H. The van der Waals surface area contributed by atoms with Crippen molar-refractivity contribution in [3.05, 3.63) is 75.8 Å². The van der Waals surface area contributed by atoms with Crippen LogP contribution in [-0.4, -0.2) is 47.3 Å². The van der Waals surface area contributed by atoms with Crippen LogP contribution < -0.4 is 10.5 Å². The van der Waals surface area contributed by atoms with Gasteiger partial charge in [-0.05, 0) is 6.07 Å². The molecule has 0 saturated heterocycles. The van der Waals surface area contributed by atoms with Gasteiger partial charge in [0.05, 0.1) is 4.92 Å². The summed E-state index contributed by atoms with van der Waals surface area (Å²) < 4.78 is 29.5. The molecule has 1 atom stereocenters. The lowest BCUT2D eigenvalue weighted by atomic mass is 10.0. The number of carbonyl (C=O) groups excluding carboxylic acids is 1. The second-order valence-electron chi connectivity index (χ2n) is 5.24. The second-order valence-corrected chi connectivity index (χ2v) is 6.48. The number of rotatable bonds is 7. The number of carboxylic acids is 1. The van der Waals surface area contributed by atoms with Gasteiger partial charge in [-0.2, -0.15) is 13.1 Å². The highest BCUT2D eigenvalue weighted by Crippen LogP contribution is 2.20. The number of nitrogens with zero attached hydrogens (tertiary/aromatic N) is 1. The maximum Gasteiger partial charge on any atom is 0.333 e. The van der Waals surface area contributed by atoms with Crippen molar-refractivity contribution in [1.82, 2.24) is 4.72 Å². The Balaban J connectivity index is 0.000000576. The molecule has 0 bridgehead atoms. The Morgan fingerprint density at radius 1 is 1.10 bits per heavy atom. The molecule has 0 heterocycles. The highest BCUT2D eigenvalue weighted by Gasteiger charge is 2.19. The number of nitro groups is 1. The van der Waals surface area contributed by atoms with Crippen molar-refractivity contribution in [3.8, 4) is 0 Å². The zero-order valence-electron chi connectivity index (χ0n) is 14.7. The number of carbonyl (C=O) groups is 2. The lowest BCUT2D eigenvalue weighted by Crippen LogP contribution is -2.42. The summed E-state index contributed by atoms with van der Waals surface area (Å²) in [6.45, 7) is -0.534. The molecule has 2 aromatic carbocycles. The summed E-state index contributed by atoms with van der Waals surface area (Å²) in [6, 6.07) is 13.1. The van der Waals surface area contributed by atoms with Gasteiger partial charge in [-0.1, -0.05) is 42.5 Å². The summed E-state index contributed by atoms with van der Waals surface area (Å²) in [4.78, 5) is 32.3. The molecule has 0 amide bonds. The van der Waals surface area contributed by atoms with E-state index in [0.29, 0.717) is 5.56 Å². The summed E-state index contributed by atoms with van der Waals surface area (Å²) >= 11 is 0. The molecule has 0 aliphatic rings. The summed E-state index contributed by atoms with van der Waals surface area (Å²) in [5, 5.41) is 18.9. The molecule has 0 spiro atoms. The van der Waals surface area contributed by atoms with E-state index < -0.39 is 33.8 Å². The van der Waals surface area contributed by atoms with Crippen LogP contribution in [0.25, 0.3) is 0 Å². The monoisotopic (exact) mass is 447 g/mol. The lowest BCUT2D eigenvalue weighted by Gasteiger charge is -2.04. The molecule has 29 heavy (non-hydrogen) atoms. The molecular weight excluding hydrogens is 430 g/mol. The lowest BCUT2D eigenvalue weighted by molar-refractivity contribution is -0.385. The number of nitrogens with two attached hydrogens (primary N) is 1. The molecule has 0 aliphatic carbocycles. The minimum absolute atomic E-state index is 0. The van der Waals surface area contributed by atoms with Gasteiger partial charge in [0.1, 0.15) is 11.6 Å². The fourth-order valence-corrected chi connectivity index (χ4v) is 2.24. The Hall–Kier alpha value is -2.90. The summed E-state index contributed by atoms with van der Waals surface area (Å²) in [5.41, 5.74) is 5.28. The van der Waals surface area contributed by atoms with Gasteiger partial charge >= 0.3 is 16.3 Å². The zero-order chi connectivity index (χ0) is 21.3. The number of halogens is 1. The summed E-state index contributed by atoms with van der Waals surface area (Å²) in [7, 11) is -4.35. The van der Waals surface area contributed by atoms with Gasteiger partial charge in [-0.3, -0.25) is 24.3 Å². The molecule has 0 radical (unpaired) electrons. The molecule has 2 aromatic rings. The minimum Gasteiger partial charge on any atom is -0.480 e. The van der Waals surface area contributed by atoms with Crippen molar-refractivity contribution >= 4 is 40.2 Å². The van der Waals surface area contributed by atoms with Gasteiger partial charge in [0.2, 0.25) is 0 Å². The van der Waals surface area contributed by atoms with E-state index in [1.165, 1.54) is 16.9 Å². The first-order valence-electron chi connectivity index (χ1n) is 7.56. The van der Waals surface area contributed by atoms with E-state index in [1.807, 2.05) is 0 Å². The third kappa shape index (κ3) is 9.23. The zero-order valence-corrected chi connectivity index (χ0v) is 16.3. The minimum atomic E-state index is -4.35. The van der Waals surface area contributed by atoms with Crippen LogP contribution in [0.3, 0.4) is 0 Å². The molecule has 0 aromatic heterocycles. The van der Waals surface area contributed by atoms with Crippen molar-refractivity contribution in [3.63, 3.8) is 0 Å². The van der Waals surface area contributed by atoms with E-state index in [1.54, 1.807) is 42.5 Å². The molecule has 1 unspecified atom stereocenters. The van der Waals surface area contributed by atoms with E-state index >= 15 is 0 Å². The highest BCUT2D eigenvalue weighted by molar-refractivity contribution is 7.83. The average Bonchev–Trinajstić information content (AvgIpc) is 2.66.